The Bertz CT molecular complexity index is 705. The molecular weight excluding hydrogens is 293 g/mol. The Morgan fingerprint density at radius 1 is 1.29 bits per heavy atom. The van der Waals surface area contributed by atoms with E-state index in [2.05, 4.69) is 15.0 Å². The number of benzene rings is 1. The summed E-state index contributed by atoms with van der Waals surface area (Å²) < 4.78 is 40.6. The Hall–Kier alpha value is -1.99. The van der Waals surface area contributed by atoms with Crippen LogP contribution in [0.3, 0.4) is 0 Å². The molecule has 1 aromatic heterocycles. The van der Waals surface area contributed by atoms with E-state index in [1.807, 2.05) is 6.92 Å². The molecule has 2 rings (SSSR count). The third-order valence-electron chi connectivity index (χ3n) is 2.78. The smallest absolute Gasteiger partial charge is 0.264 e. The zero-order valence-corrected chi connectivity index (χ0v) is 12.3. The van der Waals surface area contributed by atoms with Gasteiger partial charge in [-0.05, 0) is 36.4 Å². The predicted octanol–water partition coefficient (Wildman–Crippen LogP) is 2.13. The van der Waals surface area contributed by atoms with Crippen LogP contribution in [0.15, 0.2) is 47.6 Å². The van der Waals surface area contributed by atoms with Crippen LogP contribution in [-0.4, -0.2) is 19.9 Å². The van der Waals surface area contributed by atoms with Crippen molar-refractivity contribution in [2.75, 3.05) is 11.3 Å². The van der Waals surface area contributed by atoms with E-state index in [1.165, 1.54) is 24.5 Å². The number of sulfonamides is 1. The lowest BCUT2D eigenvalue weighted by Crippen LogP contribution is -2.16. The highest BCUT2D eigenvalue weighted by Crippen LogP contribution is 2.19. The molecule has 0 spiro atoms. The van der Waals surface area contributed by atoms with Crippen LogP contribution in [0.4, 0.5) is 10.1 Å². The topological polar surface area (TPSA) is 71.1 Å². The maximum Gasteiger partial charge on any atom is 0.264 e. The SMILES string of the molecule is CCNCc1ccc(S(=O)(=O)Nc2cccnc2)c(F)c1. The average molecular weight is 309 g/mol. The number of pyridine rings is 1. The normalized spacial score (nSPS) is 11.3. The molecule has 0 fully saturated rings. The largest absolute Gasteiger partial charge is 0.313 e. The fourth-order valence-electron chi connectivity index (χ4n) is 1.77. The van der Waals surface area contributed by atoms with Gasteiger partial charge in [-0.1, -0.05) is 13.0 Å². The van der Waals surface area contributed by atoms with Crippen LogP contribution in [-0.2, 0) is 16.6 Å². The van der Waals surface area contributed by atoms with Crippen LogP contribution in [0, 0.1) is 5.82 Å². The molecule has 0 aliphatic rings. The second kappa shape index (κ2) is 6.64. The van der Waals surface area contributed by atoms with Crippen LogP contribution < -0.4 is 10.0 Å². The zero-order chi connectivity index (χ0) is 15.3. The minimum Gasteiger partial charge on any atom is -0.313 e. The van der Waals surface area contributed by atoms with Crippen molar-refractivity contribution in [2.45, 2.75) is 18.4 Å². The first kappa shape index (κ1) is 15.4. The van der Waals surface area contributed by atoms with E-state index < -0.39 is 15.8 Å². The summed E-state index contributed by atoms with van der Waals surface area (Å²) in [6.07, 6.45) is 2.88. The fourth-order valence-corrected chi connectivity index (χ4v) is 2.88. The van der Waals surface area contributed by atoms with Gasteiger partial charge in [0.25, 0.3) is 10.0 Å². The maximum atomic E-state index is 14.0. The summed E-state index contributed by atoms with van der Waals surface area (Å²) in [6, 6.07) is 7.21. The molecule has 5 nitrogen and oxygen atoms in total. The molecule has 112 valence electrons. The minimum atomic E-state index is -3.97. The number of hydrogen-bond donors (Lipinski definition) is 2. The third-order valence-corrected chi connectivity index (χ3v) is 4.19. The van der Waals surface area contributed by atoms with Crippen molar-refractivity contribution in [1.29, 1.82) is 0 Å². The molecule has 2 N–H and O–H groups in total. The van der Waals surface area contributed by atoms with Crippen molar-refractivity contribution in [3.63, 3.8) is 0 Å². The summed E-state index contributed by atoms with van der Waals surface area (Å²) in [5.41, 5.74) is 0.975. The van der Waals surface area contributed by atoms with E-state index in [9.17, 15) is 12.8 Å². The number of nitrogens with zero attached hydrogens (tertiary/aromatic N) is 1. The highest BCUT2D eigenvalue weighted by molar-refractivity contribution is 7.92. The number of nitrogens with one attached hydrogen (secondary N) is 2. The van der Waals surface area contributed by atoms with E-state index in [0.29, 0.717) is 12.1 Å². The Morgan fingerprint density at radius 2 is 2.10 bits per heavy atom. The van der Waals surface area contributed by atoms with Crippen LogP contribution >= 0.6 is 0 Å². The summed E-state index contributed by atoms with van der Waals surface area (Å²) in [4.78, 5) is 3.42. The van der Waals surface area contributed by atoms with Gasteiger partial charge in [0.2, 0.25) is 0 Å². The molecule has 0 saturated heterocycles. The maximum absolute atomic E-state index is 14.0. The van der Waals surface area contributed by atoms with Crippen LogP contribution in [0.5, 0.6) is 0 Å². The first-order valence-electron chi connectivity index (χ1n) is 6.45. The van der Waals surface area contributed by atoms with Gasteiger partial charge in [-0.3, -0.25) is 9.71 Å². The first-order valence-corrected chi connectivity index (χ1v) is 7.93. The third kappa shape index (κ3) is 3.99. The van der Waals surface area contributed by atoms with Crippen molar-refractivity contribution in [2.24, 2.45) is 0 Å². The first-order chi connectivity index (χ1) is 10.0. The molecule has 1 heterocycles. The van der Waals surface area contributed by atoms with E-state index in [-0.39, 0.29) is 10.6 Å². The lowest BCUT2D eigenvalue weighted by molar-refractivity contribution is 0.568. The molecule has 0 amide bonds. The second-order valence-electron chi connectivity index (χ2n) is 4.39. The molecule has 0 unspecified atom stereocenters. The Balaban J connectivity index is 2.24. The molecule has 0 saturated carbocycles. The number of rotatable bonds is 6. The lowest BCUT2D eigenvalue weighted by Gasteiger charge is -2.10. The summed E-state index contributed by atoms with van der Waals surface area (Å²) in [5, 5.41) is 3.05. The quantitative estimate of drug-likeness (QED) is 0.857. The molecule has 2 aromatic rings. The van der Waals surface area contributed by atoms with Crippen molar-refractivity contribution in [1.82, 2.24) is 10.3 Å². The number of halogens is 1. The molecule has 7 heteroatoms. The van der Waals surface area contributed by atoms with Gasteiger partial charge >= 0.3 is 0 Å². The molecule has 21 heavy (non-hydrogen) atoms. The lowest BCUT2D eigenvalue weighted by atomic mass is 10.2. The van der Waals surface area contributed by atoms with Crippen LogP contribution in [0.25, 0.3) is 0 Å². The monoisotopic (exact) mass is 309 g/mol. The van der Waals surface area contributed by atoms with Gasteiger partial charge in [0.05, 0.1) is 11.9 Å². The molecular formula is C14H16FN3O2S. The number of hydrogen-bond acceptors (Lipinski definition) is 4. The second-order valence-corrected chi connectivity index (χ2v) is 6.04. The standard InChI is InChI=1S/C14H16FN3O2S/c1-2-16-9-11-5-6-14(13(15)8-11)21(19,20)18-12-4-3-7-17-10-12/h3-8,10,16,18H,2,9H2,1H3. The van der Waals surface area contributed by atoms with Crippen molar-refractivity contribution in [3.8, 4) is 0 Å². The highest BCUT2D eigenvalue weighted by Gasteiger charge is 2.19. The van der Waals surface area contributed by atoms with Crippen molar-refractivity contribution < 1.29 is 12.8 Å². The van der Waals surface area contributed by atoms with E-state index in [1.54, 1.807) is 18.2 Å². The van der Waals surface area contributed by atoms with Crippen LogP contribution in [0.1, 0.15) is 12.5 Å². The van der Waals surface area contributed by atoms with Crippen molar-refractivity contribution in [3.05, 3.63) is 54.1 Å². The van der Waals surface area contributed by atoms with Gasteiger partial charge in [0.15, 0.2) is 0 Å². The summed E-state index contributed by atoms with van der Waals surface area (Å²) in [6.45, 7) is 3.18. The van der Waals surface area contributed by atoms with E-state index in [4.69, 9.17) is 0 Å². The Kier molecular flexibility index (Phi) is 4.87. The number of aromatic nitrogens is 1. The van der Waals surface area contributed by atoms with Gasteiger partial charge in [-0.25, -0.2) is 12.8 Å². The number of anilines is 1. The molecule has 0 atom stereocenters. The van der Waals surface area contributed by atoms with Gasteiger partial charge in [0, 0.05) is 12.7 Å². The van der Waals surface area contributed by atoms with Crippen molar-refractivity contribution >= 4 is 15.7 Å². The molecule has 1 aromatic carbocycles. The molecule has 0 bridgehead atoms. The molecule has 0 aliphatic carbocycles. The minimum absolute atomic E-state index is 0.286. The van der Waals surface area contributed by atoms with E-state index >= 15 is 0 Å². The zero-order valence-electron chi connectivity index (χ0n) is 11.5. The Morgan fingerprint density at radius 3 is 2.71 bits per heavy atom. The molecule has 0 radical (unpaired) electrons. The highest BCUT2D eigenvalue weighted by atomic mass is 32.2. The summed E-state index contributed by atoms with van der Waals surface area (Å²) in [5.74, 6) is -0.776. The van der Waals surface area contributed by atoms with Gasteiger partial charge in [0.1, 0.15) is 10.7 Å². The summed E-state index contributed by atoms with van der Waals surface area (Å²) >= 11 is 0. The average Bonchev–Trinajstić information content (AvgIpc) is 2.45. The van der Waals surface area contributed by atoms with Crippen LogP contribution in [0.2, 0.25) is 0 Å². The Labute approximate surface area is 123 Å². The van der Waals surface area contributed by atoms with Gasteiger partial charge < -0.3 is 5.32 Å². The predicted molar refractivity (Wildman–Crippen MR) is 78.8 cm³/mol. The van der Waals surface area contributed by atoms with Gasteiger partial charge in [-0.15, -0.1) is 0 Å². The van der Waals surface area contributed by atoms with Gasteiger partial charge in [-0.2, -0.15) is 0 Å². The fraction of sp³-hybridized carbons (Fsp3) is 0.214. The molecule has 0 aliphatic heterocycles. The summed E-state index contributed by atoms with van der Waals surface area (Å²) in [7, 11) is -3.97. The van der Waals surface area contributed by atoms with E-state index in [0.717, 1.165) is 6.54 Å².